The molecule has 118 valence electrons. The summed E-state index contributed by atoms with van der Waals surface area (Å²) in [6.45, 7) is 16.8. The van der Waals surface area contributed by atoms with E-state index >= 15 is 0 Å². The van der Waals surface area contributed by atoms with Crippen molar-refractivity contribution in [3.05, 3.63) is 41.0 Å². The van der Waals surface area contributed by atoms with Crippen molar-refractivity contribution in [3.63, 3.8) is 0 Å². The van der Waals surface area contributed by atoms with Crippen molar-refractivity contribution in [1.29, 1.82) is 0 Å². The van der Waals surface area contributed by atoms with Gasteiger partial charge in [0.05, 0.1) is 0 Å². The molecule has 1 rings (SSSR count). The summed E-state index contributed by atoms with van der Waals surface area (Å²) in [6.07, 6.45) is -0.497. The van der Waals surface area contributed by atoms with Gasteiger partial charge in [-0.05, 0) is 50.9 Å². The normalized spacial score (nSPS) is 12.5. The summed E-state index contributed by atoms with van der Waals surface area (Å²) in [5, 5.41) is 10.2. The lowest BCUT2D eigenvalue weighted by molar-refractivity contribution is 0.0723. The molecule has 0 spiro atoms. The second kappa shape index (κ2) is 8.20. The van der Waals surface area contributed by atoms with Crippen LogP contribution in [0, 0.1) is 20.8 Å². The van der Waals surface area contributed by atoms with Gasteiger partial charge < -0.3 is 9.84 Å². The Labute approximate surface area is 129 Å². The van der Waals surface area contributed by atoms with E-state index in [9.17, 15) is 5.11 Å². The van der Waals surface area contributed by atoms with E-state index in [2.05, 4.69) is 44.4 Å². The summed E-state index contributed by atoms with van der Waals surface area (Å²) in [7, 11) is 0. The molecule has 1 aromatic carbocycles. The zero-order chi connectivity index (χ0) is 16.0. The molecule has 0 aliphatic rings. The molecule has 0 aromatic heterocycles. The van der Waals surface area contributed by atoms with E-state index in [1.165, 1.54) is 5.56 Å². The van der Waals surface area contributed by atoms with E-state index in [1.54, 1.807) is 0 Å². The van der Waals surface area contributed by atoms with Crippen molar-refractivity contribution in [2.24, 2.45) is 0 Å². The molecule has 0 aliphatic carbocycles. The molecule has 0 bridgehead atoms. The van der Waals surface area contributed by atoms with E-state index in [0.29, 0.717) is 13.2 Å². The zero-order valence-corrected chi connectivity index (χ0v) is 14.1. The van der Waals surface area contributed by atoms with Crippen molar-refractivity contribution < 1.29 is 9.84 Å². The van der Waals surface area contributed by atoms with Crippen molar-refractivity contribution in [2.75, 3.05) is 26.2 Å². The van der Waals surface area contributed by atoms with E-state index in [0.717, 1.165) is 35.5 Å². The first-order valence-electron chi connectivity index (χ1n) is 7.59. The fraction of sp³-hybridized carbons (Fsp3) is 0.556. The van der Waals surface area contributed by atoms with Gasteiger partial charge in [0.25, 0.3) is 0 Å². The molecule has 0 heterocycles. The average Bonchev–Trinajstić information content (AvgIpc) is 2.41. The Bertz CT molecular complexity index is 482. The first-order chi connectivity index (χ1) is 9.85. The summed E-state index contributed by atoms with van der Waals surface area (Å²) in [5.74, 6) is 0.900. The van der Waals surface area contributed by atoms with Crippen LogP contribution in [0.15, 0.2) is 24.3 Å². The molecule has 3 nitrogen and oxygen atoms in total. The number of likely N-dealkylation sites (N-methyl/N-ethyl adjacent to an activating group) is 1. The fourth-order valence-corrected chi connectivity index (χ4v) is 2.37. The van der Waals surface area contributed by atoms with Crippen LogP contribution in [-0.4, -0.2) is 42.4 Å². The SMILES string of the molecule is C=C(C)CN(CC)C[C@H](O)COc1c(C)ccc(C)c1C. The molecule has 0 saturated carbocycles. The third-order valence-corrected chi connectivity index (χ3v) is 3.70. The van der Waals surface area contributed by atoms with E-state index in [-0.39, 0.29) is 0 Å². The number of rotatable bonds is 8. The van der Waals surface area contributed by atoms with Gasteiger partial charge in [0.1, 0.15) is 18.5 Å². The highest BCUT2D eigenvalue weighted by Gasteiger charge is 2.13. The van der Waals surface area contributed by atoms with Crippen LogP contribution < -0.4 is 4.74 Å². The predicted octanol–water partition coefficient (Wildman–Crippen LogP) is 3.25. The van der Waals surface area contributed by atoms with Gasteiger partial charge in [0.15, 0.2) is 0 Å². The first kappa shape index (κ1) is 17.7. The summed E-state index contributed by atoms with van der Waals surface area (Å²) < 4.78 is 5.86. The van der Waals surface area contributed by atoms with Gasteiger partial charge in [-0.15, -0.1) is 0 Å². The van der Waals surface area contributed by atoms with Crippen LogP contribution in [0.4, 0.5) is 0 Å². The Kier molecular flexibility index (Phi) is 6.93. The second-order valence-corrected chi connectivity index (χ2v) is 5.90. The minimum absolute atomic E-state index is 0.317. The first-order valence-corrected chi connectivity index (χ1v) is 7.59. The average molecular weight is 291 g/mol. The molecule has 0 fully saturated rings. The number of hydrogen-bond acceptors (Lipinski definition) is 3. The molecule has 1 aromatic rings. The summed E-state index contributed by atoms with van der Waals surface area (Å²) in [6, 6.07) is 4.16. The highest BCUT2D eigenvalue weighted by molar-refractivity contribution is 5.44. The smallest absolute Gasteiger partial charge is 0.125 e. The fourth-order valence-electron chi connectivity index (χ4n) is 2.37. The molecule has 1 N–H and O–H groups in total. The molecular formula is C18H29NO2. The van der Waals surface area contributed by atoms with Gasteiger partial charge in [0, 0.05) is 13.1 Å². The van der Waals surface area contributed by atoms with Gasteiger partial charge in [-0.3, -0.25) is 4.90 Å². The number of ether oxygens (including phenoxy) is 1. The van der Waals surface area contributed by atoms with Gasteiger partial charge in [0.2, 0.25) is 0 Å². The minimum Gasteiger partial charge on any atom is -0.490 e. The van der Waals surface area contributed by atoms with Crippen LogP contribution in [0.1, 0.15) is 30.5 Å². The van der Waals surface area contributed by atoms with Crippen molar-refractivity contribution in [2.45, 2.75) is 40.7 Å². The number of aryl methyl sites for hydroxylation is 2. The maximum atomic E-state index is 10.2. The molecule has 0 radical (unpaired) electrons. The number of aliphatic hydroxyl groups is 1. The molecule has 3 heteroatoms. The molecule has 21 heavy (non-hydrogen) atoms. The number of aliphatic hydroxyl groups excluding tert-OH is 1. The Morgan fingerprint density at radius 2 is 1.90 bits per heavy atom. The largest absolute Gasteiger partial charge is 0.490 e. The maximum Gasteiger partial charge on any atom is 0.125 e. The Hall–Kier alpha value is -1.32. The van der Waals surface area contributed by atoms with Crippen LogP contribution in [0.25, 0.3) is 0 Å². The summed E-state index contributed by atoms with van der Waals surface area (Å²) in [5.41, 5.74) is 4.58. The molecular weight excluding hydrogens is 262 g/mol. The zero-order valence-electron chi connectivity index (χ0n) is 14.1. The highest BCUT2D eigenvalue weighted by Crippen LogP contribution is 2.25. The van der Waals surface area contributed by atoms with Crippen LogP contribution in [-0.2, 0) is 0 Å². The van der Waals surface area contributed by atoms with Crippen LogP contribution in [0.5, 0.6) is 5.75 Å². The van der Waals surface area contributed by atoms with Crippen LogP contribution >= 0.6 is 0 Å². The lowest BCUT2D eigenvalue weighted by atomic mass is 10.1. The molecule has 0 saturated heterocycles. The lowest BCUT2D eigenvalue weighted by Crippen LogP contribution is -2.36. The van der Waals surface area contributed by atoms with Crippen molar-refractivity contribution >= 4 is 0 Å². The predicted molar refractivity (Wildman–Crippen MR) is 89.1 cm³/mol. The standard InChI is InChI=1S/C18H29NO2/c1-7-19(10-13(2)3)11-17(20)12-21-18-15(5)9-8-14(4)16(18)6/h8-9,17,20H,2,7,10-12H2,1,3-6H3/t17-/m0/s1. The van der Waals surface area contributed by atoms with Crippen molar-refractivity contribution in [1.82, 2.24) is 4.90 Å². The third kappa shape index (κ3) is 5.52. The number of nitrogens with zero attached hydrogens (tertiary/aromatic N) is 1. The quantitative estimate of drug-likeness (QED) is 0.746. The summed E-state index contributed by atoms with van der Waals surface area (Å²) >= 11 is 0. The third-order valence-electron chi connectivity index (χ3n) is 3.70. The van der Waals surface area contributed by atoms with Gasteiger partial charge >= 0.3 is 0 Å². The molecule has 0 aliphatic heterocycles. The highest BCUT2D eigenvalue weighted by atomic mass is 16.5. The molecule has 0 unspecified atom stereocenters. The van der Waals surface area contributed by atoms with Gasteiger partial charge in [-0.1, -0.05) is 31.2 Å². The Balaban J connectivity index is 2.59. The second-order valence-electron chi connectivity index (χ2n) is 5.90. The van der Waals surface area contributed by atoms with Gasteiger partial charge in [-0.2, -0.15) is 0 Å². The number of hydrogen-bond donors (Lipinski definition) is 1. The van der Waals surface area contributed by atoms with E-state index in [1.807, 2.05) is 13.8 Å². The van der Waals surface area contributed by atoms with Crippen molar-refractivity contribution in [3.8, 4) is 5.75 Å². The monoisotopic (exact) mass is 291 g/mol. The Morgan fingerprint density at radius 1 is 1.29 bits per heavy atom. The minimum atomic E-state index is -0.497. The Morgan fingerprint density at radius 3 is 2.48 bits per heavy atom. The van der Waals surface area contributed by atoms with Crippen LogP contribution in [0.2, 0.25) is 0 Å². The topological polar surface area (TPSA) is 32.7 Å². The summed E-state index contributed by atoms with van der Waals surface area (Å²) in [4.78, 5) is 2.17. The van der Waals surface area contributed by atoms with Gasteiger partial charge in [-0.25, -0.2) is 0 Å². The lowest BCUT2D eigenvalue weighted by Gasteiger charge is -2.24. The van der Waals surface area contributed by atoms with E-state index < -0.39 is 6.10 Å². The van der Waals surface area contributed by atoms with E-state index in [4.69, 9.17) is 4.74 Å². The maximum absolute atomic E-state index is 10.2. The number of benzene rings is 1. The molecule has 0 amide bonds. The molecule has 1 atom stereocenters. The van der Waals surface area contributed by atoms with Crippen LogP contribution in [0.3, 0.4) is 0 Å².